The van der Waals surface area contributed by atoms with Crippen molar-refractivity contribution in [3.63, 3.8) is 0 Å². The van der Waals surface area contributed by atoms with Crippen LogP contribution in [0.4, 0.5) is 0 Å². The molecule has 0 saturated heterocycles. The molecule has 4 nitrogen and oxygen atoms in total. The fourth-order valence-corrected chi connectivity index (χ4v) is 4.06. The molecule has 0 heterocycles. The van der Waals surface area contributed by atoms with Gasteiger partial charge in [-0.05, 0) is 40.5 Å². The molecule has 2 aromatic rings. The molecule has 0 bridgehead atoms. The minimum absolute atomic E-state index is 0.134. The summed E-state index contributed by atoms with van der Waals surface area (Å²) in [4.78, 5) is 0.501. The van der Waals surface area contributed by atoms with Gasteiger partial charge in [0.15, 0.2) is 22.2 Å². The van der Waals surface area contributed by atoms with Crippen LogP contribution in [0.2, 0.25) is 0 Å². The molecule has 2 aromatic carbocycles. The van der Waals surface area contributed by atoms with Crippen LogP contribution in [0.1, 0.15) is 59.1 Å². The Morgan fingerprint density at radius 2 is 1.19 bits per heavy atom. The van der Waals surface area contributed by atoms with E-state index in [4.69, 9.17) is 0 Å². The second-order valence-corrected chi connectivity index (χ2v) is 10.3. The zero-order chi connectivity index (χ0) is 20.6. The normalized spacial score (nSPS) is 14.8. The molecule has 0 saturated carbocycles. The molecular formula is C21H28O4S2. The van der Waals surface area contributed by atoms with Crippen molar-refractivity contribution in [2.24, 2.45) is 0 Å². The predicted octanol–water partition coefficient (Wildman–Crippen LogP) is 5.50. The van der Waals surface area contributed by atoms with E-state index >= 15 is 0 Å². The third-order valence-corrected chi connectivity index (χ3v) is 6.59. The molecule has 0 aliphatic heterocycles. The van der Waals surface area contributed by atoms with Gasteiger partial charge in [-0.25, -0.2) is 8.42 Å². The Balaban J connectivity index is 2.74. The lowest BCUT2D eigenvalue weighted by Crippen LogP contribution is -2.16. The molecule has 2 unspecified atom stereocenters. The second kappa shape index (κ2) is 7.95. The number of hydrogen-bond donors (Lipinski definition) is 2. The molecule has 2 atom stereocenters. The van der Waals surface area contributed by atoms with Crippen molar-refractivity contribution in [2.75, 3.05) is 0 Å². The van der Waals surface area contributed by atoms with Crippen LogP contribution in [-0.2, 0) is 33.0 Å². The molecular weight excluding hydrogens is 380 g/mol. The number of benzene rings is 2. The smallest absolute Gasteiger partial charge is 0.187 e. The quantitative estimate of drug-likeness (QED) is 0.641. The zero-order valence-electron chi connectivity index (χ0n) is 16.7. The average molecular weight is 409 g/mol. The van der Waals surface area contributed by atoms with Gasteiger partial charge >= 0.3 is 0 Å². The maximum absolute atomic E-state index is 12.0. The van der Waals surface area contributed by atoms with Crippen LogP contribution >= 0.6 is 0 Å². The van der Waals surface area contributed by atoms with Crippen molar-refractivity contribution in [3.8, 4) is 11.1 Å². The Labute approximate surface area is 167 Å². The van der Waals surface area contributed by atoms with Crippen molar-refractivity contribution < 1.29 is 17.5 Å². The highest BCUT2D eigenvalue weighted by Gasteiger charge is 2.24. The van der Waals surface area contributed by atoms with Crippen molar-refractivity contribution in [3.05, 3.63) is 47.5 Å². The third kappa shape index (κ3) is 4.74. The first-order valence-electron chi connectivity index (χ1n) is 8.89. The fourth-order valence-electron chi connectivity index (χ4n) is 2.87. The first-order valence-corrected chi connectivity index (χ1v) is 11.1. The van der Waals surface area contributed by atoms with Crippen LogP contribution in [-0.4, -0.2) is 17.5 Å². The van der Waals surface area contributed by atoms with E-state index in [0.717, 1.165) is 17.5 Å². The molecule has 0 aliphatic carbocycles. The summed E-state index contributed by atoms with van der Waals surface area (Å²) in [5, 5.41) is 0. The fraction of sp³-hybridized carbons (Fsp3) is 0.429. The van der Waals surface area contributed by atoms with E-state index in [1.54, 1.807) is 24.3 Å². The minimum atomic E-state index is -2.21. The molecule has 27 heavy (non-hydrogen) atoms. The van der Waals surface area contributed by atoms with E-state index in [-0.39, 0.29) is 20.6 Å². The van der Waals surface area contributed by atoms with Gasteiger partial charge in [0.25, 0.3) is 0 Å². The van der Waals surface area contributed by atoms with E-state index in [9.17, 15) is 17.5 Å². The summed E-state index contributed by atoms with van der Waals surface area (Å²) < 4.78 is 43.8. The Kier molecular flexibility index (Phi) is 6.47. The lowest BCUT2D eigenvalue weighted by atomic mass is 9.81. The second-order valence-electron chi connectivity index (χ2n) is 8.41. The molecule has 0 amide bonds. The van der Waals surface area contributed by atoms with Crippen molar-refractivity contribution >= 4 is 22.2 Å². The molecule has 0 spiro atoms. The maximum Gasteiger partial charge on any atom is 0.187 e. The van der Waals surface area contributed by atoms with Gasteiger partial charge in [-0.2, -0.15) is 0 Å². The number of hydrogen-bond acceptors (Lipinski definition) is 2. The summed E-state index contributed by atoms with van der Waals surface area (Å²) in [6.07, 6.45) is 0.885. The molecule has 6 heteroatoms. The van der Waals surface area contributed by atoms with Crippen molar-refractivity contribution in [1.29, 1.82) is 0 Å². The van der Waals surface area contributed by atoms with Crippen molar-refractivity contribution in [1.82, 2.24) is 0 Å². The Morgan fingerprint density at radius 1 is 0.778 bits per heavy atom. The molecule has 2 N–H and O–H groups in total. The highest BCUT2D eigenvalue weighted by atomic mass is 32.2. The van der Waals surface area contributed by atoms with Gasteiger partial charge in [0.05, 0.1) is 9.79 Å². The minimum Gasteiger partial charge on any atom is -0.302 e. The van der Waals surface area contributed by atoms with Gasteiger partial charge in [0, 0.05) is 11.1 Å². The maximum atomic E-state index is 12.0. The highest BCUT2D eigenvalue weighted by Crippen LogP contribution is 2.37. The Morgan fingerprint density at radius 3 is 1.56 bits per heavy atom. The highest BCUT2D eigenvalue weighted by molar-refractivity contribution is 7.79. The molecule has 0 radical (unpaired) electrons. The number of rotatable bonds is 5. The Bertz CT molecular complexity index is 896. The Hall–Kier alpha value is -1.34. The van der Waals surface area contributed by atoms with E-state index in [1.165, 1.54) is 0 Å². The third-order valence-electron chi connectivity index (χ3n) is 5.16. The van der Waals surface area contributed by atoms with E-state index in [2.05, 4.69) is 20.8 Å². The van der Waals surface area contributed by atoms with E-state index < -0.39 is 22.2 Å². The summed E-state index contributed by atoms with van der Waals surface area (Å²) in [6.45, 7) is 12.3. The van der Waals surface area contributed by atoms with Crippen LogP contribution in [0.5, 0.6) is 0 Å². The van der Waals surface area contributed by atoms with Gasteiger partial charge < -0.3 is 9.11 Å². The van der Waals surface area contributed by atoms with Gasteiger partial charge in [-0.15, -0.1) is 0 Å². The summed E-state index contributed by atoms with van der Waals surface area (Å²) in [7, 11) is 0. The zero-order valence-corrected chi connectivity index (χ0v) is 18.3. The lowest BCUT2D eigenvalue weighted by Gasteiger charge is -2.25. The average Bonchev–Trinajstić information content (AvgIpc) is 2.59. The van der Waals surface area contributed by atoms with Gasteiger partial charge in [-0.1, -0.05) is 65.8 Å². The predicted molar refractivity (Wildman–Crippen MR) is 112 cm³/mol. The first kappa shape index (κ1) is 22.0. The van der Waals surface area contributed by atoms with E-state index in [0.29, 0.717) is 11.1 Å². The van der Waals surface area contributed by atoms with Crippen molar-refractivity contribution in [2.45, 2.75) is 68.6 Å². The van der Waals surface area contributed by atoms with Crippen LogP contribution in [0.3, 0.4) is 0 Å². The molecule has 2 rings (SSSR count). The summed E-state index contributed by atoms with van der Waals surface area (Å²) in [5.74, 6) is 0. The van der Waals surface area contributed by atoms with Crippen LogP contribution in [0.15, 0.2) is 46.2 Å². The van der Waals surface area contributed by atoms with Crippen LogP contribution in [0.25, 0.3) is 11.1 Å². The lowest BCUT2D eigenvalue weighted by molar-refractivity contribution is 0.504. The molecule has 0 aliphatic rings. The van der Waals surface area contributed by atoms with Crippen LogP contribution in [0, 0.1) is 0 Å². The van der Waals surface area contributed by atoms with Gasteiger partial charge in [0.1, 0.15) is 0 Å². The van der Waals surface area contributed by atoms with Gasteiger partial charge in [-0.3, -0.25) is 0 Å². The molecule has 148 valence electrons. The van der Waals surface area contributed by atoms with Crippen LogP contribution < -0.4 is 0 Å². The molecule has 0 fully saturated rings. The SMILES string of the molecule is CCC(C)(C)c1ccc(-c2ccc(C(C)(C)C)cc2S(=O)O)c(S(=O)O)c1. The monoisotopic (exact) mass is 408 g/mol. The van der Waals surface area contributed by atoms with Gasteiger partial charge in [0.2, 0.25) is 0 Å². The summed E-state index contributed by atoms with van der Waals surface area (Å²) in [6, 6.07) is 10.8. The standard InChI is InChI=1S/C21H28O4S2/c1-7-21(5,6)15-9-11-17(19(13-15)27(24)25)16-10-8-14(20(2,3)4)12-18(16)26(22)23/h8-13H,7H2,1-6H3,(H,22,23)(H,24,25). The summed E-state index contributed by atoms with van der Waals surface area (Å²) >= 11 is -4.42. The summed E-state index contributed by atoms with van der Waals surface area (Å²) in [5.41, 5.74) is 2.59. The largest absolute Gasteiger partial charge is 0.302 e. The molecule has 0 aromatic heterocycles. The topological polar surface area (TPSA) is 74.6 Å². The first-order chi connectivity index (χ1) is 12.4. The van der Waals surface area contributed by atoms with E-state index in [1.807, 2.05) is 32.9 Å².